The lowest BCUT2D eigenvalue weighted by molar-refractivity contribution is 0.265. The van der Waals surface area contributed by atoms with Crippen molar-refractivity contribution in [1.82, 2.24) is 0 Å². The molecule has 0 spiro atoms. The van der Waals surface area contributed by atoms with E-state index in [4.69, 9.17) is 38.8 Å². The van der Waals surface area contributed by atoms with Crippen LogP contribution in [0.25, 0.3) is 0 Å². The molecule has 1 atom stereocenters. The number of benzene rings is 2. The lowest BCUT2D eigenvalue weighted by atomic mass is 10.1. The normalized spacial score (nSPS) is 11.6. The van der Waals surface area contributed by atoms with E-state index in [0.29, 0.717) is 28.0 Å². The third-order valence-electron chi connectivity index (χ3n) is 2.70. The lowest BCUT2D eigenvalue weighted by Gasteiger charge is -2.11. The molecule has 0 aliphatic carbocycles. The van der Waals surface area contributed by atoms with Crippen LogP contribution in [0.2, 0.25) is 10.0 Å². The summed E-state index contributed by atoms with van der Waals surface area (Å²) in [5, 5.41) is 10.0. The van der Waals surface area contributed by atoms with Crippen LogP contribution in [0.3, 0.4) is 0 Å². The standard InChI is InChI=1S/C15H15Cl2NO2.ClH/c16-11-6-12(17)8-15(7-11)20-14-3-1-2-10(5-14)4-13(18)9-19;/h1-3,5-8,13,19H,4,9,18H2;1H. The lowest BCUT2D eigenvalue weighted by Crippen LogP contribution is -2.26. The minimum atomic E-state index is -0.272. The maximum Gasteiger partial charge on any atom is 0.130 e. The Hall–Kier alpha value is -0.970. The highest BCUT2D eigenvalue weighted by atomic mass is 35.5. The number of hydrogen-bond acceptors (Lipinski definition) is 3. The number of rotatable bonds is 5. The Morgan fingerprint density at radius 1 is 1.05 bits per heavy atom. The van der Waals surface area contributed by atoms with Crippen molar-refractivity contribution in [1.29, 1.82) is 0 Å². The van der Waals surface area contributed by atoms with Gasteiger partial charge < -0.3 is 15.6 Å². The smallest absolute Gasteiger partial charge is 0.130 e. The first-order chi connectivity index (χ1) is 9.56. The first-order valence-corrected chi connectivity index (χ1v) is 6.92. The van der Waals surface area contributed by atoms with Gasteiger partial charge in [-0.2, -0.15) is 0 Å². The Morgan fingerprint density at radius 2 is 1.71 bits per heavy atom. The summed E-state index contributed by atoms with van der Waals surface area (Å²) in [6.45, 7) is -0.0466. The Morgan fingerprint density at radius 3 is 2.33 bits per heavy atom. The molecule has 0 radical (unpaired) electrons. The van der Waals surface area contributed by atoms with Gasteiger partial charge in [-0.1, -0.05) is 35.3 Å². The Bertz CT molecular complexity index is 573. The van der Waals surface area contributed by atoms with Crippen LogP contribution in [0, 0.1) is 0 Å². The molecule has 0 bridgehead atoms. The van der Waals surface area contributed by atoms with Crippen molar-refractivity contribution in [2.75, 3.05) is 6.61 Å². The van der Waals surface area contributed by atoms with E-state index in [0.717, 1.165) is 5.56 Å². The average Bonchev–Trinajstić information content (AvgIpc) is 2.37. The third-order valence-corrected chi connectivity index (χ3v) is 3.14. The molecule has 0 amide bonds. The quantitative estimate of drug-likeness (QED) is 0.856. The topological polar surface area (TPSA) is 55.5 Å². The van der Waals surface area contributed by atoms with Crippen LogP contribution in [-0.2, 0) is 6.42 Å². The third kappa shape index (κ3) is 5.73. The molecule has 0 aliphatic rings. The second-order valence-corrected chi connectivity index (χ2v) is 5.37. The Balaban J connectivity index is 0.00000220. The predicted octanol–water partition coefficient (Wildman–Crippen LogP) is 4.07. The van der Waals surface area contributed by atoms with Crippen LogP contribution in [0.1, 0.15) is 5.56 Å². The molecule has 0 saturated carbocycles. The van der Waals surface area contributed by atoms with E-state index in [1.165, 1.54) is 0 Å². The van der Waals surface area contributed by atoms with E-state index in [1.807, 2.05) is 24.3 Å². The number of halogens is 3. The number of aliphatic hydroxyl groups is 1. The van der Waals surface area contributed by atoms with Crippen LogP contribution in [-0.4, -0.2) is 17.8 Å². The summed E-state index contributed by atoms with van der Waals surface area (Å²) < 4.78 is 5.72. The van der Waals surface area contributed by atoms with Crippen LogP contribution in [0.5, 0.6) is 11.5 Å². The van der Waals surface area contributed by atoms with Crippen molar-refractivity contribution in [3.63, 3.8) is 0 Å². The summed E-state index contributed by atoms with van der Waals surface area (Å²) in [6.07, 6.45) is 0.587. The SMILES string of the molecule is Cl.NC(CO)Cc1cccc(Oc2cc(Cl)cc(Cl)c2)c1. The molecule has 1 unspecified atom stereocenters. The Kier molecular flexibility index (Phi) is 7.29. The van der Waals surface area contributed by atoms with Crippen molar-refractivity contribution in [2.24, 2.45) is 5.73 Å². The van der Waals surface area contributed by atoms with Gasteiger partial charge in [-0.3, -0.25) is 0 Å². The molecule has 3 nitrogen and oxygen atoms in total. The zero-order chi connectivity index (χ0) is 14.5. The highest BCUT2D eigenvalue weighted by Crippen LogP contribution is 2.28. The van der Waals surface area contributed by atoms with Crippen LogP contribution < -0.4 is 10.5 Å². The molecule has 0 saturated heterocycles. The number of nitrogens with two attached hydrogens (primary N) is 1. The summed E-state index contributed by atoms with van der Waals surface area (Å²) in [6, 6.07) is 12.3. The molecule has 2 aromatic rings. The fourth-order valence-corrected chi connectivity index (χ4v) is 2.33. The molecule has 3 N–H and O–H groups in total. The summed E-state index contributed by atoms with van der Waals surface area (Å²) in [7, 11) is 0. The number of hydrogen-bond donors (Lipinski definition) is 2. The molecule has 0 aromatic heterocycles. The van der Waals surface area contributed by atoms with Crippen molar-refractivity contribution in [2.45, 2.75) is 12.5 Å². The van der Waals surface area contributed by atoms with Gasteiger partial charge in [0, 0.05) is 16.1 Å². The van der Waals surface area contributed by atoms with Crippen molar-refractivity contribution < 1.29 is 9.84 Å². The van der Waals surface area contributed by atoms with E-state index >= 15 is 0 Å². The molecule has 0 aliphatic heterocycles. The van der Waals surface area contributed by atoms with Gasteiger partial charge in [0.1, 0.15) is 11.5 Å². The molecule has 0 fully saturated rings. The number of ether oxygens (including phenoxy) is 1. The minimum absolute atomic E-state index is 0. The van der Waals surface area contributed by atoms with E-state index < -0.39 is 0 Å². The maximum atomic E-state index is 8.98. The second-order valence-electron chi connectivity index (χ2n) is 4.50. The molecule has 6 heteroatoms. The highest BCUT2D eigenvalue weighted by Gasteiger charge is 2.05. The van der Waals surface area contributed by atoms with Gasteiger partial charge >= 0.3 is 0 Å². The largest absolute Gasteiger partial charge is 0.457 e. The van der Waals surface area contributed by atoms with Gasteiger partial charge in [0.15, 0.2) is 0 Å². The van der Waals surface area contributed by atoms with E-state index in [1.54, 1.807) is 18.2 Å². The fourth-order valence-electron chi connectivity index (χ4n) is 1.83. The first-order valence-electron chi connectivity index (χ1n) is 6.16. The minimum Gasteiger partial charge on any atom is -0.457 e. The van der Waals surface area contributed by atoms with Gasteiger partial charge in [0.25, 0.3) is 0 Å². The fraction of sp³-hybridized carbons (Fsp3) is 0.200. The summed E-state index contributed by atoms with van der Waals surface area (Å²) in [4.78, 5) is 0. The summed E-state index contributed by atoms with van der Waals surface area (Å²) >= 11 is 11.9. The van der Waals surface area contributed by atoms with Gasteiger partial charge in [-0.25, -0.2) is 0 Å². The highest BCUT2D eigenvalue weighted by molar-refractivity contribution is 6.34. The van der Waals surface area contributed by atoms with Gasteiger partial charge in [0.2, 0.25) is 0 Å². The summed E-state index contributed by atoms with van der Waals surface area (Å²) in [5.41, 5.74) is 6.72. The molecule has 114 valence electrons. The molecular weight excluding hydrogens is 333 g/mol. The van der Waals surface area contributed by atoms with Crippen molar-refractivity contribution in [3.8, 4) is 11.5 Å². The zero-order valence-electron chi connectivity index (χ0n) is 11.1. The molecule has 0 heterocycles. The summed E-state index contributed by atoms with van der Waals surface area (Å²) in [5.74, 6) is 1.25. The van der Waals surface area contributed by atoms with Gasteiger partial charge in [0.05, 0.1) is 6.61 Å². The molecule has 21 heavy (non-hydrogen) atoms. The first kappa shape index (κ1) is 18.1. The van der Waals surface area contributed by atoms with Crippen LogP contribution in [0.15, 0.2) is 42.5 Å². The second kappa shape index (κ2) is 8.47. The Labute approximate surface area is 140 Å². The number of aliphatic hydroxyl groups excluding tert-OH is 1. The molecule has 2 aromatic carbocycles. The zero-order valence-corrected chi connectivity index (χ0v) is 13.5. The van der Waals surface area contributed by atoms with Crippen LogP contribution in [0.4, 0.5) is 0 Å². The average molecular weight is 349 g/mol. The van der Waals surface area contributed by atoms with Gasteiger partial charge in [-0.15, -0.1) is 12.4 Å². The maximum absolute atomic E-state index is 8.98. The van der Waals surface area contributed by atoms with Crippen LogP contribution >= 0.6 is 35.6 Å². The van der Waals surface area contributed by atoms with Crippen molar-refractivity contribution >= 4 is 35.6 Å². The van der Waals surface area contributed by atoms with E-state index in [9.17, 15) is 0 Å². The molecule has 2 rings (SSSR count). The van der Waals surface area contributed by atoms with Gasteiger partial charge in [-0.05, 0) is 42.3 Å². The predicted molar refractivity (Wildman–Crippen MR) is 89.0 cm³/mol. The molecular formula is C15H16Cl3NO2. The van der Waals surface area contributed by atoms with E-state index in [2.05, 4.69) is 0 Å². The monoisotopic (exact) mass is 347 g/mol. The van der Waals surface area contributed by atoms with E-state index in [-0.39, 0.29) is 25.1 Å². The van der Waals surface area contributed by atoms with Crippen molar-refractivity contribution in [3.05, 3.63) is 58.1 Å².